The largest absolute Gasteiger partial charge is 0.234 e. The van der Waals surface area contributed by atoms with Crippen molar-refractivity contribution in [1.29, 1.82) is 0 Å². The molecule has 3 rings (SSSR count). The Bertz CT molecular complexity index is 731. The summed E-state index contributed by atoms with van der Waals surface area (Å²) in [6.07, 6.45) is 0.841. The van der Waals surface area contributed by atoms with Crippen LogP contribution in [0, 0.1) is 0 Å². The van der Waals surface area contributed by atoms with Crippen LogP contribution in [0.5, 0.6) is 0 Å². The third kappa shape index (κ3) is 2.22. The van der Waals surface area contributed by atoms with Gasteiger partial charge in [-0.3, -0.25) is 0 Å². The third-order valence-electron chi connectivity index (χ3n) is 3.37. The van der Waals surface area contributed by atoms with E-state index in [1.165, 1.54) is 5.56 Å². The molecule has 4 nitrogen and oxygen atoms in total. The Morgan fingerprint density at radius 3 is 2.40 bits per heavy atom. The molecule has 0 fully saturated rings. The first kappa shape index (κ1) is 13.2. The standard InChI is InChI=1S/C15H18N4S/c1-5-12-16-17-14-19(12)18-13(20-14)10-6-8-11(9-7-10)15(2,3)4/h6-9H,5H2,1-4H3. The quantitative estimate of drug-likeness (QED) is 0.721. The number of aryl methyl sites for hydroxylation is 1. The minimum atomic E-state index is 0.176. The summed E-state index contributed by atoms with van der Waals surface area (Å²) in [6.45, 7) is 8.73. The molecule has 104 valence electrons. The number of fused-ring (bicyclic) bond motifs is 1. The van der Waals surface area contributed by atoms with Gasteiger partial charge in [-0.1, -0.05) is 63.3 Å². The Morgan fingerprint density at radius 1 is 1.10 bits per heavy atom. The molecule has 0 aliphatic heterocycles. The minimum absolute atomic E-state index is 0.176. The molecule has 0 aliphatic carbocycles. The van der Waals surface area contributed by atoms with Crippen LogP contribution in [0.2, 0.25) is 0 Å². The van der Waals surface area contributed by atoms with Gasteiger partial charge in [0.1, 0.15) is 5.01 Å². The van der Waals surface area contributed by atoms with Crippen molar-refractivity contribution in [2.75, 3.05) is 0 Å². The van der Waals surface area contributed by atoms with E-state index in [4.69, 9.17) is 0 Å². The van der Waals surface area contributed by atoms with Crippen LogP contribution >= 0.6 is 11.3 Å². The van der Waals surface area contributed by atoms with Crippen molar-refractivity contribution in [2.24, 2.45) is 0 Å². The Kier molecular flexibility index (Phi) is 3.09. The van der Waals surface area contributed by atoms with E-state index in [0.717, 1.165) is 27.8 Å². The van der Waals surface area contributed by atoms with Gasteiger partial charge in [0.25, 0.3) is 0 Å². The van der Waals surface area contributed by atoms with Crippen LogP contribution in [0.1, 0.15) is 39.1 Å². The molecular weight excluding hydrogens is 268 g/mol. The van der Waals surface area contributed by atoms with E-state index in [1.54, 1.807) is 11.3 Å². The van der Waals surface area contributed by atoms with E-state index in [-0.39, 0.29) is 5.41 Å². The highest BCUT2D eigenvalue weighted by Gasteiger charge is 2.15. The lowest BCUT2D eigenvalue weighted by Crippen LogP contribution is -2.10. The van der Waals surface area contributed by atoms with Crippen LogP contribution in [0.15, 0.2) is 24.3 Å². The van der Waals surface area contributed by atoms with Crippen LogP contribution in [0.25, 0.3) is 15.5 Å². The molecule has 0 amide bonds. The van der Waals surface area contributed by atoms with Crippen molar-refractivity contribution in [3.63, 3.8) is 0 Å². The van der Waals surface area contributed by atoms with Crippen molar-refractivity contribution in [2.45, 2.75) is 39.5 Å². The fourth-order valence-electron chi connectivity index (χ4n) is 2.11. The van der Waals surface area contributed by atoms with Crippen LogP contribution in [0.4, 0.5) is 0 Å². The van der Waals surface area contributed by atoms with Crippen LogP contribution in [0.3, 0.4) is 0 Å². The zero-order chi connectivity index (χ0) is 14.3. The predicted molar refractivity (Wildman–Crippen MR) is 82.2 cm³/mol. The summed E-state index contributed by atoms with van der Waals surface area (Å²) >= 11 is 1.58. The minimum Gasteiger partial charge on any atom is -0.187 e. The highest BCUT2D eigenvalue weighted by Crippen LogP contribution is 2.28. The Labute approximate surface area is 122 Å². The van der Waals surface area contributed by atoms with Crippen LogP contribution in [-0.4, -0.2) is 19.8 Å². The molecule has 0 N–H and O–H groups in total. The first-order valence-corrected chi connectivity index (χ1v) is 7.62. The second-order valence-corrected chi connectivity index (χ2v) is 6.85. The van der Waals surface area contributed by atoms with Gasteiger partial charge in [0, 0.05) is 12.0 Å². The molecule has 2 aromatic heterocycles. The molecule has 0 saturated carbocycles. The molecule has 0 atom stereocenters. The van der Waals surface area contributed by atoms with E-state index in [2.05, 4.69) is 67.3 Å². The maximum Gasteiger partial charge on any atom is 0.234 e. The lowest BCUT2D eigenvalue weighted by Gasteiger charge is -2.18. The number of hydrogen-bond acceptors (Lipinski definition) is 4. The van der Waals surface area contributed by atoms with E-state index in [9.17, 15) is 0 Å². The van der Waals surface area contributed by atoms with Crippen molar-refractivity contribution >= 4 is 16.3 Å². The maximum absolute atomic E-state index is 4.62. The number of benzene rings is 1. The van der Waals surface area contributed by atoms with Crippen LogP contribution < -0.4 is 0 Å². The second-order valence-electron chi connectivity index (χ2n) is 5.90. The summed E-state index contributed by atoms with van der Waals surface area (Å²) in [4.78, 5) is 0.858. The molecule has 5 heteroatoms. The monoisotopic (exact) mass is 286 g/mol. The van der Waals surface area contributed by atoms with Gasteiger partial charge in [0.05, 0.1) is 0 Å². The average Bonchev–Trinajstić information content (AvgIpc) is 2.97. The summed E-state index contributed by atoms with van der Waals surface area (Å²) in [7, 11) is 0. The first-order chi connectivity index (χ1) is 9.49. The fourth-order valence-corrected chi connectivity index (χ4v) is 2.97. The van der Waals surface area contributed by atoms with E-state index in [0.29, 0.717) is 0 Å². The zero-order valence-corrected chi connectivity index (χ0v) is 13.0. The molecule has 0 bridgehead atoms. The van der Waals surface area contributed by atoms with E-state index < -0.39 is 0 Å². The van der Waals surface area contributed by atoms with Gasteiger partial charge in [-0.25, -0.2) is 0 Å². The normalized spacial score (nSPS) is 12.2. The van der Waals surface area contributed by atoms with Gasteiger partial charge in [0.15, 0.2) is 5.82 Å². The molecule has 0 aliphatic rings. The summed E-state index contributed by atoms with van der Waals surface area (Å²) in [5.74, 6) is 0.911. The Hall–Kier alpha value is -1.75. The molecule has 3 aromatic rings. The number of rotatable bonds is 2. The maximum atomic E-state index is 4.62. The third-order valence-corrected chi connectivity index (χ3v) is 4.32. The molecule has 1 aromatic carbocycles. The van der Waals surface area contributed by atoms with Gasteiger partial charge in [0.2, 0.25) is 4.96 Å². The topological polar surface area (TPSA) is 43.1 Å². The van der Waals surface area contributed by atoms with Gasteiger partial charge in [-0.15, -0.1) is 10.2 Å². The lowest BCUT2D eigenvalue weighted by molar-refractivity contribution is 0.590. The average molecular weight is 286 g/mol. The second kappa shape index (κ2) is 4.66. The first-order valence-electron chi connectivity index (χ1n) is 6.81. The van der Waals surface area contributed by atoms with Gasteiger partial charge in [-0.2, -0.15) is 9.61 Å². The van der Waals surface area contributed by atoms with Crippen LogP contribution in [-0.2, 0) is 11.8 Å². The van der Waals surface area contributed by atoms with Gasteiger partial charge < -0.3 is 0 Å². The summed E-state index contributed by atoms with van der Waals surface area (Å²) in [5, 5.41) is 13.9. The Morgan fingerprint density at radius 2 is 1.80 bits per heavy atom. The lowest BCUT2D eigenvalue weighted by atomic mass is 9.87. The van der Waals surface area contributed by atoms with Crippen molar-refractivity contribution in [3.05, 3.63) is 35.7 Å². The highest BCUT2D eigenvalue weighted by atomic mass is 32.1. The molecule has 0 radical (unpaired) electrons. The molecule has 20 heavy (non-hydrogen) atoms. The number of nitrogens with zero attached hydrogens (tertiary/aromatic N) is 4. The van der Waals surface area contributed by atoms with E-state index >= 15 is 0 Å². The summed E-state index contributed by atoms with van der Waals surface area (Å²) < 4.78 is 1.84. The van der Waals surface area contributed by atoms with Gasteiger partial charge >= 0.3 is 0 Å². The van der Waals surface area contributed by atoms with Crippen molar-refractivity contribution < 1.29 is 0 Å². The van der Waals surface area contributed by atoms with Crippen molar-refractivity contribution in [1.82, 2.24) is 19.8 Å². The van der Waals surface area contributed by atoms with Crippen molar-refractivity contribution in [3.8, 4) is 10.6 Å². The predicted octanol–water partition coefficient (Wildman–Crippen LogP) is 3.71. The zero-order valence-electron chi connectivity index (χ0n) is 12.2. The fraction of sp³-hybridized carbons (Fsp3) is 0.400. The summed E-state index contributed by atoms with van der Waals surface area (Å²) in [6, 6.07) is 8.63. The SMILES string of the molecule is CCc1nnc2sc(-c3ccc(C(C)(C)C)cc3)nn12. The summed E-state index contributed by atoms with van der Waals surface area (Å²) in [5.41, 5.74) is 2.64. The number of aromatic nitrogens is 4. The molecular formula is C15H18N4S. The molecule has 0 saturated heterocycles. The van der Waals surface area contributed by atoms with E-state index in [1.807, 2.05) is 4.52 Å². The smallest absolute Gasteiger partial charge is 0.187 e. The molecule has 2 heterocycles. The molecule has 0 spiro atoms. The van der Waals surface area contributed by atoms with Gasteiger partial charge in [-0.05, 0) is 11.0 Å². The number of hydrogen-bond donors (Lipinski definition) is 0. The Balaban J connectivity index is 2.00. The molecule has 0 unspecified atom stereocenters. The highest BCUT2D eigenvalue weighted by molar-refractivity contribution is 7.19.